The first kappa shape index (κ1) is 10.7. The SMILES string of the molecule is CN(Cc1ccoc1)Cc1ccnc(N)c1. The number of pyridine rings is 1. The third-order valence-corrected chi connectivity index (χ3v) is 2.33. The third kappa shape index (κ3) is 2.84. The quantitative estimate of drug-likeness (QED) is 0.849. The van der Waals surface area contributed by atoms with E-state index in [-0.39, 0.29) is 0 Å². The number of furan rings is 1. The number of nitrogens with two attached hydrogens (primary N) is 1. The fourth-order valence-electron chi connectivity index (χ4n) is 1.65. The van der Waals surface area contributed by atoms with E-state index in [0.717, 1.165) is 13.1 Å². The Bertz CT molecular complexity index is 439. The van der Waals surface area contributed by atoms with Gasteiger partial charge >= 0.3 is 0 Å². The lowest BCUT2D eigenvalue weighted by molar-refractivity contribution is 0.318. The summed E-state index contributed by atoms with van der Waals surface area (Å²) < 4.78 is 5.03. The van der Waals surface area contributed by atoms with Crippen molar-refractivity contribution in [2.24, 2.45) is 0 Å². The molecule has 4 nitrogen and oxygen atoms in total. The molecule has 0 spiro atoms. The zero-order chi connectivity index (χ0) is 11.4. The van der Waals surface area contributed by atoms with E-state index in [1.807, 2.05) is 18.2 Å². The molecule has 0 atom stereocenters. The van der Waals surface area contributed by atoms with Gasteiger partial charge in [0.15, 0.2) is 0 Å². The summed E-state index contributed by atoms with van der Waals surface area (Å²) in [5.74, 6) is 0.564. The van der Waals surface area contributed by atoms with Crippen LogP contribution in [0.3, 0.4) is 0 Å². The van der Waals surface area contributed by atoms with Crippen molar-refractivity contribution in [3.8, 4) is 0 Å². The monoisotopic (exact) mass is 217 g/mol. The Hall–Kier alpha value is -1.81. The molecule has 2 rings (SSSR count). The molecule has 0 amide bonds. The van der Waals surface area contributed by atoms with Crippen LogP contribution in [-0.2, 0) is 13.1 Å². The highest BCUT2D eigenvalue weighted by Crippen LogP contribution is 2.09. The molecule has 0 saturated heterocycles. The average molecular weight is 217 g/mol. The van der Waals surface area contributed by atoms with Gasteiger partial charge in [-0.25, -0.2) is 4.98 Å². The maximum absolute atomic E-state index is 5.63. The highest BCUT2D eigenvalue weighted by atomic mass is 16.3. The zero-order valence-corrected chi connectivity index (χ0v) is 9.26. The van der Waals surface area contributed by atoms with Crippen LogP contribution in [0.5, 0.6) is 0 Å². The predicted octanol–water partition coefficient (Wildman–Crippen LogP) is 1.89. The van der Waals surface area contributed by atoms with Crippen molar-refractivity contribution in [3.63, 3.8) is 0 Å². The smallest absolute Gasteiger partial charge is 0.123 e. The standard InChI is InChI=1S/C12H15N3O/c1-15(8-11-3-5-16-9-11)7-10-2-4-14-12(13)6-10/h2-6,9H,7-8H2,1H3,(H2,13,14). The molecule has 2 aromatic rings. The second-order valence-electron chi connectivity index (χ2n) is 3.89. The number of nitrogen functional groups attached to an aromatic ring is 1. The Balaban J connectivity index is 1.94. The summed E-state index contributed by atoms with van der Waals surface area (Å²) in [5, 5.41) is 0. The van der Waals surface area contributed by atoms with E-state index >= 15 is 0 Å². The minimum atomic E-state index is 0.564. The van der Waals surface area contributed by atoms with Crippen molar-refractivity contribution in [3.05, 3.63) is 48.0 Å². The van der Waals surface area contributed by atoms with Gasteiger partial charge in [-0.2, -0.15) is 0 Å². The van der Waals surface area contributed by atoms with Crippen molar-refractivity contribution in [1.29, 1.82) is 0 Å². The van der Waals surface area contributed by atoms with Gasteiger partial charge in [0.05, 0.1) is 12.5 Å². The summed E-state index contributed by atoms with van der Waals surface area (Å²) in [6.45, 7) is 1.70. The number of hydrogen-bond donors (Lipinski definition) is 1. The number of hydrogen-bond acceptors (Lipinski definition) is 4. The summed E-state index contributed by atoms with van der Waals surface area (Å²) in [7, 11) is 2.06. The summed E-state index contributed by atoms with van der Waals surface area (Å²) in [4.78, 5) is 6.16. The van der Waals surface area contributed by atoms with Crippen LogP contribution in [0.15, 0.2) is 41.3 Å². The van der Waals surface area contributed by atoms with Crippen LogP contribution < -0.4 is 5.73 Å². The van der Waals surface area contributed by atoms with Gasteiger partial charge < -0.3 is 10.2 Å². The Morgan fingerprint density at radius 2 is 2.12 bits per heavy atom. The summed E-state index contributed by atoms with van der Waals surface area (Å²) in [6, 6.07) is 5.84. The first-order valence-electron chi connectivity index (χ1n) is 5.14. The van der Waals surface area contributed by atoms with Crippen molar-refractivity contribution in [2.45, 2.75) is 13.1 Å². The largest absolute Gasteiger partial charge is 0.472 e. The minimum Gasteiger partial charge on any atom is -0.472 e. The zero-order valence-electron chi connectivity index (χ0n) is 9.26. The van der Waals surface area contributed by atoms with Crippen molar-refractivity contribution in [1.82, 2.24) is 9.88 Å². The molecule has 0 unspecified atom stereocenters. The van der Waals surface area contributed by atoms with E-state index in [1.165, 1.54) is 11.1 Å². The topological polar surface area (TPSA) is 55.3 Å². The second-order valence-corrected chi connectivity index (χ2v) is 3.89. The molecule has 0 radical (unpaired) electrons. The normalized spacial score (nSPS) is 10.9. The molecule has 0 aromatic carbocycles. The lowest BCUT2D eigenvalue weighted by Crippen LogP contribution is -2.17. The molecule has 0 aliphatic rings. The Morgan fingerprint density at radius 1 is 1.31 bits per heavy atom. The first-order valence-corrected chi connectivity index (χ1v) is 5.14. The van der Waals surface area contributed by atoms with Crippen molar-refractivity contribution in [2.75, 3.05) is 12.8 Å². The van der Waals surface area contributed by atoms with Crippen molar-refractivity contribution < 1.29 is 4.42 Å². The van der Waals surface area contributed by atoms with Gasteiger partial charge in [0.2, 0.25) is 0 Å². The highest BCUT2D eigenvalue weighted by molar-refractivity contribution is 5.31. The van der Waals surface area contributed by atoms with Gasteiger partial charge in [-0.15, -0.1) is 0 Å². The molecule has 0 aliphatic heterocycles. The summed E-state index contributed by atoms with van der Waals surface area (Å²) >= 11 is 0. The minimum absolute atomic E-state index is 0.564. The molecular formula is C12H15N3O. The predicted molar refractivity (Wildman–Crippen MR) is 62.5 cm³/mol. The lowest BCUT2D eigenvalue weighted by Gasteiger charge is -2.15. The van der Waals surface area contributed by atoms with Gasteiger partial charge in [0.1, 0.15) is 5.82 Å². The van der Waals surface area contributed by atoms with E-state index in [0.29, 0.717) is 5.82 Å². The van der Waals surface area contributed by atoms with Crippen LogP contribution >= 0.6 is 0 Å². The molecule has 2 aromatic heterocycles. The van der Waals surface area contributed by atoms with Gasteiger partial charge in [-0.05, 0) is 30.8 Å². The second kappa shape index (κ2) is 4.81. The molecular weight excluding hydrogens is 202 g/mol. The molecule has 4 heteroatoms. The summed E-state index contributed by atoms with van der Waals surface area (Å²) in [6.07, 6.45) is 5.18. The van der Waals surface area contributed by atoms with Crippen LogP contribution in [0.1, 0.15) is 11.1 Å². The highest BCUT2D eigenvalue weighted by Gasteiger charge is 2.03. The number of aromatic nitrogens is 1. The summed E-state index contributed by atoms with van der Waals surface area (Å²) in [5.41, 5.74) is 7.96. The fourth-order valence-corrected chi connectivity index (χ4v) is 1.65. The molecule has 0 bridgehead atoms. The molecule has 0 fully saturated rings. The Kier molecular flexibility index (Phi) is 3.22. The van der Waals surface area contributed by atoms with Crippen molar-refractivity contribution >= 4 is 5.82 Å². The van der Waals surface area contributed by atoms with Crippen LogP contribution in [-0.4, -0.2) is 16.9 Å². The van der Waals surface area contributed by atoms with E-state index in [4.69, 9.17) is 10.2 Å². The fraction of sp³-hybridized carbons (Fsp3) is 0.250. The molecule has 16 heavy (non-hydrogen) atoms. The van der Waals surface area contributed by atoms with Gasteiger partial charge in [0, 0.05) is 24.8 Å². The number of nitrogens with zero attached hydrogens (tertiary/aromatic N) is 2. The van der Waals surface area contributed by atoms with Crippen LogP contribution in [0, 0.1) is 0 Å². The van der Waals surface area contributed by atoms with Gasteiger partial charge in [0.25, 0.3) is 0 Å². The maximum atomic E-state index is 5.63. The number of rotatable bonds is 4. The van der Waals surface area contributed by atoms with E-state index in [1.54, 1.807) is 18.7 Å². The van der Waals surface area contributed by atoms with Crippen LogP contribution in [0.25, 0.3) is 0 Å². The lowest BCUT2D eigenvalue weighted by atomic mass is 10.2. The average Bonchev–Trinajstić information content (AvgIpc) is 2.70. The van der Waals surface area contributed by atoms with Crippen LogP contribution in [0.2, 0.25) is 0 Å². The number of anilines is 1. The Morgan fingerprint density at radius 3 is 2.81 bits per heavy atom. The first-order chi connectivity index (χ1) is 7.74. The molecule has 0 saturated carbocycles. The van der Waals surface area contributed by atoms with E-state index in [2.05, 4.69) is 16.9 Å². The third-order valence-electron chi connectivity index (χ3n) is 2.33. The molecule has 2 heterocycles. The molecule has 84 valence electrons. The maximum Gasteiger partial charge on any atom is 0.123 e. The van der Waals surface area contributed by atoms with E-state index < -0.39 is 0 Å². The van der Waals surface area contributed by atoms with Gasteiger partial charge in [-0.3, -0.25) is 4.90 Å². The Labute approximate surface area is 94.7 Å². The molecule has 0 aliphatic carbocycles. The van der Waals surface area contributed by atoms with Gasteiger partial charge in [-0.1, -0.05) is 0 Å². The molecule has 2 N–H and O–H groups in total. The van der Waals surface area contributed by atoms with Crippen LogP contribution in [0.4, 0.5) is 5.82 Å². The van der Waals surface area contributed by atoms with E-state index in [9.17, 15) is 0 Å².